The first-order valence-corrected chi connectivity index (χ1v) is 10.5. The van der Waals surface area contributed by atoms with Gasteiger partial charge in [-0.05, 0) is 42.4 Å². The van der Waals surface area contributed by atoms with E-state index in [-0.39, 0.29) is 42.3 Å². The molecule has 8 nitrogen and oxygen atoms in total. The van der Waals surface area contributed by atoms with Crippen LogP contribution in [-0.4, -0.2) is 56.1 Å². The minimum atomic E-state index is -0.133. The minimum absolute atomic E-state index is 0.00518. The molecule has 1 saturated heterocycles. The van der Waals surface area contributed by atoms with Crippen LogP contribution < -0.4 is 20.1 Å². The normalized spacial score (nSPS) is 28.4. The van der Waals surface area contributed by atoms with Gasteiger partial charge in [0.25, 0.3) is 0 Å². The van der Waals surface area contributed by atoms with Gasteiger partial charge in [-0.1, -0.05) is 18.2 Å². The van der Waals surface area contributed by atoms with Crippen molar-refractivity contribution in [1.82, 2.24) is 15.5 Å². The summed E-state index contributed by atoms with van der Waals surface area (Å²) in [5.41, 5.74) is 1.14. The van der Waals surface area contributed by atoms with Gasteiger partial charge in [0, 0.05) is 26.7 Å². The molecule has 4 atom stereocenters. The van der Waals surface area contributed by atoms with Crippen molar-refractivity contribution in [2.75, 3.05) is 33.5 Å². The Bertz CT molecular complexity index is 898. The van der Waals surface area contributed by atoms with Crippen molar-refractivity contribution in [3.63, 3.8) is 0 Å². The molecule has 2 amide bonds. The highest BCUT2D eigenvalue weighted by atomic mass is 16.7. The monoisotopic (exact) mass is 410 g/mol. The highest BCUT2D eigenvalue weighted by molar-refractivity contribution is 6.06. The van der Waals surface area contributed by atoms with E-state index >= 15 is 0 Å². The summed E-state index contributed by atoms with van der Waals surface area (Å²) in [6.45, 7) is 1.81. The molecule has 2 fully saturated rings. The van der Waals surface area contributed by atoms with E-state index in [9.17, 15) is 9.59 Å². The van der Waals surface area contributed by atoms with Crippen molar-refractivity contribution in [1.29, 1.82) is 0 Å². The molecule has 2 aliphatic heterocycles. The number of aliphatic imine (C=N–C) groups is 1. The predicted octanol–water partition coefficient (Wildman–Crippen LogP) is 0.930. The van der Waals surface area contributed by atoms with Crippen molar-refractivity contribution in [2.24, 2.45) is 28.7 Å². The Balaban J connectivity index is 1.08. The third-order valence-electron chi connectivity index (χ3n) is 6.56. The molecule has 0 spiro atoms. The number of nitrogens with one attached hydrogen (secondary N) is 2. The van der Waals surface area contributed by atoms with E-state index in [1.54, 1.807) is 7.05 Å². The van der Waals surface area contributed by atoms with Crippen molar-refractivity contribution in [3.05, 3.63) is 35.9 Å². The molecule has 4 unspecified atom stereocenters. The van der Waals surface area contributed by atoms with Crippen LogP contribution in [0.5, 0.6) is 11.5 Å². The van der Waals surface area contributed by atoms with Crippen LogP contribution in [-0.2, 0) is 16.0 Å². The van der Waals surface area contributed by atoms with E-state index in [0.29, 0.717) is 25.6 Å². The Kier molecular flexibility index (Phi) is 4.84. The second-order valence-electron chi connectivity index (χ2n) is 8.19. The Morgan fingerprint density at radius 1 is 1.07 bits per heavy atom. The minimum Gasteiger partial charge on any atom is -0.454 e. The number of benzene rings is 1. The van der Waals surface area contributed by atoms with Crippen molar-refractivity contribution in [3.8, 4) is 11.5 Å². The second-order valence-corrected chi connectivity index (χ2v) is 8.19. The molecule has 5 rings (SSSR count). The number of rotatable bonds is 6. The quantitative estimate of drug-likeness (QED) is 0.314. The number of nitrogens with zero attached hydrogens (tertiary/aromatic N) is 2. The number of amides is 2. The van der Waals surface area contributed by atoms with E-state index in [4.69, 9.17) is 9.47 Å². The lowest BCUT2D eigenvalue weighted by Crippen LogP contribution is -2.44. The third kappa shape index (κ3) is 3.20. The Labute approximate surface area is 175 Å². The zero-order valence-electron chi connectivity index (χ0n) is 17.0. The van der Waals surface area contributed by atoms with Crippen LogP contribution >= 0.6 is 0 Å². The van der Waals surface area contributed by atoms with Gasteiger partial charge < -0.3 is 20.1 Å². The van der Waals surface area contributed by atoms with Gasteiger partial charge in [-0.2, -0.15) is 0 Å². The highest BCUT2D eigenvalue weighted by Gasteiger charge is 2.58. The summed E-state index contributed by atoms with van der Waals surface area (Å²) in [6.07, 6.45) is 5.99. The topological polar surface area (TPSA) is 92.3 Å². The van der Waals surface area contributed by atoms with Gasteiger partial charge in [-0.15, -0.1) is 0 Å². The molecule has 0 radical (unpaired) electrons. The number of guanidine groups is 1. The summed E-state index contributed by atoms with van der Waals surface area (Å²) >= 11 is 0. The number of carbonyl (C=O) groups is 2. The number of carbonyl (C=O) groups excluding carboxylic acids is 2. The zero-order chi connectivity index (χ0) is 20.7. The predicted molar refractivity (Wildman–Crippen MR) is 110 cm³/mol. The average Bonchev–Trinajstić information content (AvgIpc) is 3.52. The van der Waals surface area contributed by atoms with Crippen molar-refractivity contribution in [2.45, 2.75) is 12.8 Å². The lowest BCUT2D eigenvalue weighted by Gasteiger charge is -2.18. The molecule has 1 aromatic carbocycles. The molecule has 158 valence electrons. The molecule has 0 aromatic heterocycles. The number of likely N-dealkylation sites (tertiary alicyclic amines) is 1. The van der Waals surface area contributed by atoms with E-state index in [0.717, 1.165) is 29.9 Å². The molecule has 2 bridgehead atoms. The molecule has 8 heteroatoms. The fourth-order valence-electron chi connectivity index (χ4n) is 5.11. The van der Waals surface area contributed by atoms with Crippen LogP contribution in [0.2, 0.25) is 0 Å². The van der Waals surface area contributed by atoms with E-state index in [1.165, 1.54) is 4.90 Å². The second kappa shape index (κ2) is 7.66. The molecule has 1 saturated carbocycles. The Morgan fingerprint density at radius 2 is 1.77 bits per heavy atom. The molecular weight excluding hydrogens is 384 g/mol. The van der Waals surface area contributed by atoms with Gasteiger partial charge in [-0.25, -0.2) is 0 Å². The van der Waals surface area contributed by atoms with Crippen molar-refractivity contribution >= 4 is 17.8 Å². The van der Waals surface area contributed by atoms with E-state index < -0.39 is 0 Å². The molecule has 1 aromatic rings. The first-order valence-electron chi connectivity index (χ1n) is 10.5. The standard InChI is InChI=1S/C22H26N4O4/c1-23-22(24-7-6-13-2-5-16-17(10-13)30-12-29-16)25-8-9-26-20(27)18-14-3-4-15(11-14)19(18)21(26)28/h2-5,10,14-15,18-19H,6-9,11-12H2,1H3,(H2,23,24,25). The zero-order valence-corrected chi connectivity index (χ0v) is 17.0. The largest absolute Gasteiger partial charge is 0.454 e. The van der Waals surface area contributed by atoms with Gasteiger partial charge in [-0.3, -0.25) is 19.5 Å². The van der Waals surface area contributed by atoms with E-state index in [2.05, 4.69) is 27.8 Å². The van der Waals surface area contributed by atoms with Crippen LogP contribution in [0.4, 0.5) is 0 Å². The number of imide groups is 1. The molecule has 2 N–H and O–H groups in total. The first kappa shape index (κ1) is 19.0. The number of ether oxygens (including phenoxy) is 2. The first-order chi connectivity index (χ1) is 14.7. The summed E-state index contributed by atoms with van der Waals surface area (Å²) in [7, 11) is 1.70. The van der Waals surface area contributed by atoms with Gasteiger partial charge in [0.1, 0.15) is 0 Å². The maximum atomic E-state index is 12.7. The molecule has 2 aliphatic carbocycles. The lowest BCUT2D eigenvalue weighted by molar-refractivity contribution is -0.140. The van der Waals surface area contributed by atoms with Crippen LogP contribution in [0.1, 0.15) is 12.0 Å². The van der Waals surface area contributed by atoms with Gasteiger partial charge >= 0.3 is 0 Å². The van der Waals surface area contributed by atoms with Crippen molar-refractivity contribution < 1.29 is 19.1 Å². The average molecular weight is 410 g/mol. The van der Waals surface area contributed by atoms with E-state index in [1.807, 2.05) is 18.2 Å². The smallest absolute Gasteiger partial charge is 0.233 e. The maximum Gasteiger partial charge on any atom is 0.233 e. The summed E-state index contributed by atoms with van der Waals surface area (Å²) < 4.78 is 10.7. The third-order valence-corrected chi connectivity index (χ3v) is 6.56. The number of hydrogen-bond acceptors (Lipinski definition) is 5. The maximum absolute atomic E-state index is 12.7. The van der Waals surface area contributed by atoms with Gasteiger partial charge in [0.2, 0.25) is 18.6 Å². The molecule has 4 aliphatic rings. The molecular formula is C22H26N4O4. The summed E-state index contributed by atoms with van der Waals surface area (Å²) in [5, 5.41) is 6.47. The molecule has 2 heterocycles. The van der Waals surface area contributed by atoms with Crippen LogP contribution in [0.15, 0.2) is 35.3 Å². The summed E-state index contributed by atoms with van der Waals surface area (Å²) in [6, 6.07) is 5.93. The fraction of sp³-hybridized carbons (Fsp3) is 0.500. The van der Waals surface area contributed by atoms with Gasteiger partial charge in [0.15, 0.2) is 17.5 Å². The molecule has 30 heavy (non-hydrogen) atoms. The van der Waals surface area contributed by atoms with Gasteiger partial charge in [0.05, 0.1) is 11.8 Å². The number of allylic oxidation sites excluding steroid dienone is 2. The summed E-state index contributed by atoms with van der Waals surface area (Å²) in [4.78, 5) is 31.1. The number of hydrogen-bond donors (Lipinski definition) is 2. The fourth-order valence-corrected chi connectivity index (χ4v) is 5.11. The lowest BCUT2D eigenvalue weighted by atomic mass is 9.85. The van der Waals surface area contributed by atoms with Crippen LogP contribution in [0, 0.1) is 23.7 Å². The number of fused-ring (bicyclic) bond motifs is 6. The Hall–Kier alpha value is -3.03. The SMILES string of the molecule is CN=C(NCCc1ccc2c(c1)OCO2)NCCN1C(=O)C2C3C=CC(C3)C2C1=O. The summed E-state index contributed by atoms with van der Waals surface area (Å²) in [5.74, 6) is 2.44. The van der Waals surface area contributed by atoms with Crippen LogP contribution in [0.3, 0.4) is 0 Å². The Morgan fingerprint density at radius 3 is 2.50 bits per heavy atom. The highest BCUT2D eigenvalue weighted by Crippen LogP contribution is 2.52. The van der Waals surface area contributed by atoms with Crippen LogP contribution in [0.25, 0.3) is 0 Å².